The molecular formula is C13H7F3N2OS. The maximum atomic E-state index is 13.3. The molecule has 0 saturated heterocycles. The molecule has 0 aliphatic carbocycles. The van der Waals surface area contributed by atoms with E-state index in [1.54, 1.807) is 12.1 Å². The number of anilines is 1. The van der Waals surface area contributed by atoms with Crippen LogP contribution in [0.2, 0.25) is 0 Å². The Kier molecular flexibility index (Phi) is 2.98. The predicted molar refractivity (Wildman–Crippen MR) is 69.5 cm³/mol. The van der Waals surface area contributed by atoms with Gasteiger partial charge in [-0.3, -0.25) is 0 Å². The molecule has 1 aromatic carbocycles. The molecule has 0 amide bonds. The van der Waals surface area contributed by atoms with Gasteiger partial charge in [0.1, 0.15) is 5.69 Å². The van der Waals surface area contributed by atoms with E-state index < -0.39 is 17.5 Å². The number of benzene rings is 1. The average Bonchev–Trinajstić information content (AvgIpc) is 3.04. The molecule has 0 atom stereocenters. The van der Waals surface area contributed by atoms with Crippen LogP contribution < -0.4 is 5.73 Å². The molecule has 2 heterocycles. The third-order valence-corrected chi connectivity index (χ3v) is 3.63. The lowest BCUT2D eigenvalue weighted by Crippen LogP contribution is -1.93. The van der Waals surface area contributed by atoms with Crippen LogP contribution in [-0.4, -0.2) is 5.16 Å². The van der Waals surface area contributed by atoms with Gasteiger partial charge >= 0.3 is 0 Å². The highest BCUT2D eigenvalue weighted by Gasteiger charge is 2.21. The summed E-state index contributed by atoms with van der Waals surface area (Å²) in [4.78, 5) is 0.740. The first-order valence-corrected chi connectivity index (χ1v) is 6.40. The highest BCUT2D eigenvalue weighted by molar-refractivity contribution is 7.13. The van der Waals surface area contributed by atoms with Crippen LogP contribution in [0.4, 0.5) is 19.1 Å². The smallest absolute Gasteiger partial charge is 0.231 e. The summed E-state index contributed by atoms with van der Waals surface area (Å²) in [5.41, 5.74) is 6.36. The number of halogens is 3. The normalized spacial score (nSPS) is 10.9. The molecule has 0 fully saturated rings. The summed E-state index contributed by atoms with van der Waals surface area (Å²) in [5.74, 6) is -4.08. The summed E-state index contributed by atoms with van der Waals surface area (Å²) in [7, 11) is 0. The third-order valence-electron chi connectivity index (χ3n) is 2.74. The van der Waals surface area contributed by atoms with Crippen molar-refractivity contribution < 1.29 is 17.7 Å². The van der Waals surface area contributed by atoms with Gasteiger partial charge < -0.3 is 10.3 Å². The standard InChI is InChI=1S/C13H7F3N2OS/c14-7-4-6(5-8(15)11(7)16)12-10(13(17)19-18-12)9-2-1-3-20-9/h1-5H,17H2. The van der Waals surface area contributed by atoms with Gasteiger partial charge in [0.05, 0.1) is 5.56 Å². The van der Waals surface area contributed by atoms with Crippen LogP contribution in [0, 0.1) is 17.5 Å². The van der Waals surface area contributed by atoms with E-state index in [0.29, 0.717) is 5.56 Å². The lowest BCUT2D eigenvalue weighted by atomic mass is 10.1. The topological polar surface area (TPSA) is 52.0 Å². The molecule has 0 spiro atoms. The van der Waals surface area contributed by atoms with Crippen molar-refractivity contribution in [1.29, 1.82) is 0 Å². The first kappa shape index (κ1) is 12.7. The summed E-state index contributed by atoms with van der Waals surface area (Å²) in [6.45, 7) is 0. The minimum atomic E-state index is -1.53. The van der Waals surface area contributed by atoms with Gasteiger partial charge in [-0.25, -0.2) is 13.2 Å². The Labute approximate surface area is 115 Å². The van der Waals surface area contributed by atoms with E-state index in [1.807, 2.05) is 5.38 Å². The lowest BCUT2D eigenvalue weighted by molar-refractivity contribution is 0.437. The van der Waals surface area contributed by atoms with Crippen LogP contribution in [0.5, 0.6) is 0 Å². The number of hydrogen-bond acceptors (Lipinski definition) is 4. The van der Waals surface area contributed by atoms with Gasteiger partial charge in [0.25, 0.3) is 0 Å². The largest absolute Gasteiger partial charge is 0.367 e. The number of aromatic nitrogens is 1. The minimum Gasteiger partial charge on any atom is -0.367 e. The molecule has 3 nitrogen and oxygen atoms in total. The number of rotatable bonds is 2. The van der Waals surface area contributed by atoms with Crippen molar-refractivity contribution in [2.45, 2.75) is 0 Å². The maximum Gasteiger partial charge on any atom is 0.231 e. The fraction of sp³-hybridized carbons (Fsp3) is 0. The summed E-state index contributed by atoms with van der Waals surface area (Å²) in [6.07, 6.45) is 0. The summed E-state index contributed by atoms with van der Waals surface area (Å²) < 4.78 is 44.5. The van der Waals surface area contributed by atoms with Crippen molar-refractivity contribution in [3.8, 4) is 21.7 Å². The molecule has 0 unspecified atom stereocenters. The van der Waals surface area contributed by atoms with E-state index in [4.69, 9.17) is 10.3 Å². The molecule has 2 N–H and O–H groups in total. The zero-order valence-corrected chi connectivity index (χ0v) is 10.7. The van der Waals surface area contributed by atoms with Crippen molar-refractivity contribution >= 4 is 17.2 Å². The fourth-order valence-corrected chi connectivity index (χ4v) is 2.63. The van der Waals surface area contributed by atoms with Gasteiger partial charge in [-0.05, 0) is 23.6 Å². The highest BCUT2D eigenvalue weighted by Crippen LogP contribution is 2.38. The van der Waals surface area contributed by atoms with Crippen LogP contribution in [0.3, 0.4) is 0 Å². The Bertz CT molecular complexity index is 745. The molecule has 0 aliphatic rings. The predicted octanol–water partition coefficient (Wildman–Crippen LogP) is 4.07. The summed E-state index contributed by atoms with van der Waals surface area (Å²) in [5, 5.41) is 5.52. The molecule has 0 bridgehead atoms. The molecule has 3 rings (SSSR count). The first-order valence-electron chi connectivity index (χ1n) is 5.52. The van der Waals surface area contributed by atoms with Crippen molar-refractivity contribution in [2.24, 2.45) is 0 Å². The summed E-state index contributed by atoms with van der Waals surface area (Å²) in [6, 6.07) is 5.27. The van der Waals surface area contributed by atoms with Crippen LogP contribution >= 0.6 is 11.3 Å². The number of nitrogens with zero attached hydrogens (tertiary/aromatic N) is 1. The van der Waals surface area contributed by atoms with Gasteiger partial charge in [0.15, 0.2) is 17.5 Å². The van der Waals surface area contributed by atoms with Gasteiger partial charge in [-0.1, -0.05) is 11.2 Å². The molecule has 0 radical (unpaired) electrons. The van der Waals surface area contributed by atoms with Crippen molar-refractivity contribution in [3.05, 3.63) is 47.1 Å². The molecule has 3 aromatic rings. The second-order valence-electron chi connectivity index (χ2n) is 4.00. The van der Waals surface area contributed by atoms with Gasteiger partial charge in [0.2, 0.25) is 5.88 Å². The van der Waals surface area contributed by atoms with E-state index in [9.17, 15) is 13.2 Å². The Morgan fingerprint density at radius 2 is 1.85 bits per heavy atom. The molecule has 102 valence electrons. The lowest BCUT2D eigenvalue weighted by Gasteiger charge is -2.02. The zero-order chi connectivity index (χ0) is 14.3. The van der Waals surface area contributed by atoms with Crippen LogP contribution in [0.25, 0.3) is 21.7 Å². The van der Waals surface area contributed by atoms with E-state index in [-0.39, 0.29) is 17.1 Å². The monoisotopic (exact) mass is 296 g/mol. The average molecular weight is 296 g/mol. The summed E-state index contributed by atoms with van der Waals surface area (Å²) >= 11 is 1.37. The number of hydrogen-bond donors (Lipinski definition) is 1. The van der Waals surface area contributed by atoms with Crippen LogP contribution in [0.1, 0.15) is 0 Å². The van der Waals surface area contributed by atoms with E-state index in [0.717, 1.165) is 17.0 Å². The second-order valence-corrected chi connectivity index (χ2v) is 4.95. The Morgan fingerprint density at radius 3 is 2.45 bits per heavy atom. The van der Waals surface area contributed by atoms with Crippen LogP contribution in [-0.2, 0) is 0 Å². The van der Waals surface area contributed by atoms with E-state index in [2.05, 4.69) is 5.16 Å². The Hall–Kier alpha value is -2.28. The van der Waals surface area contributed by atoms with Gasteiger partial charge in [0, 0.05) is 10.4 Å². The van der Waals surface area contributed by atoms with Gasteiger partial charge in [-0.2, -0.15) is 0 Å². The van der Waals surface area contributed by atoms with Crippen LogP contribution in [0.15, 0.2) is 34.2 Å². The fourth-order valence-electron chi connectivity index (χ4n) is 1.85. The van der Waals surface area contributed by atoms with Crippen molar-refractivity contribution in [2.75, 3.05) is 5.73 Å². The molecule has 20 heavy (non-hydrogen) atoms. The Balaban J connectivity index is 2.22. The second kappa shape index (κ2) is 4.68. The first-order chi connectivity index (χ1) is 9.58. The molecular weight excluding hydrogens is 289 g/mol. The van der Waals surface area contributed by atoms with Crippen molar-refractivity contribution in [3.63, 3.8) is 0 Å². The molecule has 2 aromatic heterocycles. The molecule has 0 saturated carbocycles. The molecule has 0 aliphatic heterocycles. The minimum absolute atomic E-state index is 0.0348. The number of thiophene rings is 1. The van der Waals surface area contributed by atoms with E-state index in [1.165, 1.54) is 11.3 Å². The van der Waals surface area contributed by atoms with E-state index >= 15 is 0 Å². The van der Waals surface area contributed by atoms with Gasteiger partial charge in [-0.15, -0.1) is 11.3 Å². The van der Waals surface area contributed by atoms with Crippen molar-refractivity contribution in [1.82, 2.24) is 5.16 Å². The highest BCUT2D eigenvalue weighted by atomic mass is 32.1. The quantitative estimate of drug-likeness (QED) is 0.725. The zero-order valence-electron chi connectivity index (χ0n) is 9.86. The number of nitrogens with two attached hydrogens (primary N) is 1. The SMILES string of the molecule is Nc1onc(-c2cc(F)c(F)c(F)c2)c1-c1cccs1. The Morgan fingerprint density at radius 1 is 1.15 bits per heavy atom. The number of nitrogen functional groups attached to an aromatic ring is 1. The maximum absolute atomic E-state index is 13.3. The molecule has 7 heteroatoms. The third kappa shape index (κ3) is 1.96.